The van der Waals surface area contributed by atoms with Crippen molar-refractivity contribution in [2.75, 3.05) is 6.54 Å². The van der Waals surface area contributed by atoms with E-state index < -0.39 is 0 Å². The van der Waals surface area contributed by atoms with E-state index >= 15 is 0 Å². The average Bonchev–Trinajstić information content (AvgIpc) is 3.05. The van der Waals surface area contributed by atoms with Crippen LogP contribution in [0.25, 0.3) is 11.3 Å². The zero-order valence-electron chi connectivity index (χ0n) is 16.8. The maximum atomic E-state index is 13.2. The first kappa shape index (κ1) is 19.1. The fourth-order valence-electron chi connectivity index (χ4n) is 3.93. The summed E-state index contributed by atoms with van der Waals surface area (Å²) >= 11 is 0. The minimum atomic E-state index is -0.191. The van der Waals surface area contributed by atoms with Crippen LogP contribution in [0, 0.1) is 20.8 Å². The van der Waals surface area contributed by atoms with Crippen molar-refractivity contribution in [1.29, 1.82) is 0 Å². The van der Waals surface area contributed by atoms with Gasteiger partial charge in [-0.05, 0) is 70.4 Å². The number of nitrogens with zero attached hydrogens (tertiary/aromatic N) is 4. The molecule has 0 bridgehead atoms. The summed E-state index contributed by atoms with van der Waals surface area (Å²) in [4.78, 5) is 24.5. The normalized spacial score (nSPS) is 16.8. The Morgan fingerprint density at radius 1 is 1.14 bits per heavy atom. The summed E-state index contributed by atoms with van der Waals surface area (Å²) in [5.41, 5.74) is 3.82. The Morgan fingerprint density at radius 2 is 1.90 bits per heavy atom. The molecule has 1 aromatic carbocycles. The molecule has 0 radical (unpaired) electrons. The van der Waals surface area contributed by atoms with Crippen LogP contribution in [0.3, 0.4) is 0 Å². The molecule has 7 heteroatoms. The van der Waals surface area contributed by atoms with Crippen LogP contribution in [0.5, 0.6) is 5.75 Å². The molecule has 1 N–H and O–H groups in total. The van der Waals surface area contributed by atoms with Crippen molar-refractivity contribution in [3.8, 4) is 17.0 Å². The van der Waals surface area contributed by atoms with Gasteiger partial charge in [0.2, 0.25) is 0 Å². The van der Waals surface area contributed by atoms with E-state index in [1.54, 1.807) is 12.1 Å². The molecule has 3 heterocycles. The lowest BCUT2D eigenvalue weighted by atomic mass is 9.99. The second-order valence-electron chi connectivity index (χ2n) is 7.51. The summed E-state index contributed by atoms with van der Waals surface area (Å²) in [7, 11) is 0. The largest absolute Gasteiger partial charge is 0.508 e. The first-order chi connectivity index (χ1) is 13.9. The van der Waals surface area contributed by atoms with E-state index in [0.717, 1.165) is 41.9 Å². The van der Waals surface area contributed by atoms with Crippen LogP contribution in [0.2, 0.25) is 0 Å². The third-order valence-electron chi connectivity index (χ3n) is 5.34. The topological polar surface area (TPSA) is 92.4 Å². The van der Waals surface area contributed by atoms with Gasteiger partial charge >= 0.3 is 0 Å². The van der Waals surface area contributed by atoms with Crippen molar-refractivity contribution < 1.29 is 14.4 Å². The zero-order valence-corrected chi connectivity index (χ0v) is 16.8. The number of hydrogen-bond acceptors (Lipinski definition) is 6. The van der Waals surface area contributed by atoms with Gasteiger partial charge in [0.05, 0.1) is 23.0 Å². The molecule has 1 saturated heterocycles. The number of carbonyl (C=O) groups is 1. The first-order valence-corrected chi connectivity index (χ1v) is 9.83. The Morgan fingerprint density at radius 3 is 2.59 bits per heavy atom. The molecule has 29 heavy (non-hydrogen) atoms. The fourth-order valence-corrected chi connectivity index (χ4v) is 3.93. The van der Waals surface area contributed by atoms with Crippen molar-refractivity contribution in [3.63, 3.8) is 0 Å². The number of rotatable bonds is 3. The molecule has 1 aliphatic rings. The quantitative estimate of drug-likeness (QED) is 0.720. The maximum Gasteiger partial charge on any atom is 0.254 e. The number of amides is 1. The van der Waals surface area contributed by atoms with Crippen LogP contribution in [-0.2, 0) is 0 Å². The highest BCUT2D eigenvalue weighted by atomic mass is 16.5. The lowest BCUT2D eigenvalue weighted by molar-refractivity contribution is 0.0599. The molecule has 0 saturated carbocycles. The minimum absolute atomic E-state index is 0.0707. The van der Waals surface area contributed by atoms with Crippen molar-refractivity contribution in [3.05, 3.63) is 58.9 Å². The van der Waals surface area contributed by atoms with Crippen LogP contribution in [0.15, 0.2) is 34.9 Å². The number of aromatic nitrogens is 3. The summed E-state index contributed by atoms with van der Waals surface area (Å²) < 4.78 is 5.31. The molecule has 2 aromatic heterocycles. The smallest absolute Gasteiger partial charge is 0.254 e. The number of hydrogen-bond donors (Lipinski definition) is 1. The van der Waals surface area contributed by atoms with Crippen LogP contribution < -0.4 is 0 Å². The summed E-state index contributed by atoms with van der Waals surface area (Å²) in [5.74, 6) is 1.43. The van der Waals surface area contributed by atoms with Gasteiger partial charge in [0, 0.05) is 17.8 Å². The second kappa shape index (κ2) is 7.66. The highest BCUT2D eigenvalue weighted by molar-refractivity contribution is 5.94. The Hall–Kier alpha value is -3.22. The molecule has 4 rings (SSSR count). The first-order valence-electron chi connectivity index (χ1n) is 9.83. The lowest BCUT2D eigenvalue weighted by Crippen LogP contribution is -2.39. The highest BCUT2D eigenvalue weighted by Gasteiger charge is 2.31. The predicted octanol–water partition coefficient (Wildman–Crippen LogP) is 4.13. The molecule has 0 unspecified atom stereocenters. The van der Waals surface area contributed by atoms with Gasteiger partial charge in [0.25, 0.3) is 5.91 Å². The Balaban J connectivity index is 1.72. The Labute approximate surface area is 169 Å². The third-order valence-corrected chi connectivity index (χ3v) is 5.34. The van der Waals surface area contributed by atoms with E-state index in [0.29, 0.717) is 23.7 Å². The van der Waals surface area contributed by atoms with Gasteiger partial charge in [-0.3, -0.25) is 4.79 Å². The molecular weight excluding hydrogens is 368 g/mol. The molecule has 1 atom stereocenters. The summed E-state index contributed by atoms with van der Waals surface area (Å²) in [6.07, 6.45) is 2.78. The minimum Gasteiger partial charge on any atom is -0.508 e. The second-order valence-corrected chi connectivity index (χ2v) is 7.51. The number of likely N-dealkylation sites (tertiary alicyclic amines) is 1. The van der Waals surface area contributed by atoms with E-state index in [2.05, 4.69) is 10.1 Å². The van der Waals surface area contributed by atoms with E-state index in [-0.39, 0.29) is 17.7 Å². The number of aryl methyl sites for hydroxylation is 3. The molecular formula is C22H24N4O3. The van der Waals surface area contributed by atoms with Crippen LogP contribution in [0.4, 0.5) is 0 Å². The number of phenolic OH excluding ortho intramolecular Hbond substituents is 1. The molecule has 0 spiro atoms. The van der Waals surface area contributed by atoms with E-state index in [1.807, 2.05) is 31.7 Å². The summed E-state index contributed by atoms with van der Waals surface area (Å²) in [6.45, 7) is 6.35. The highest BCUT2D eigenvalue weighted by Crippen LogP contribution is 2.33. The van der Waals surface area contributed by atoms with Crippen LogP contribution >= 0.6 is 0 Å². The number of piperidine rings is 1. The monoisotopic (exact) mass is 392 g/mol. The molecule has 1 aliphatic heterocycles. The van der Waals surface area contributed by atoms with Crippen LogP contribution in [0.1, 0.15) is 58.6 Å². The molecule has 1 fully saturated rings. The molecule has 150 valence electrons. The van der Waals surface area contributed by atoms with Gasteiger partial charge in [-0.15, -0.1) is 0 Å². The fraction of sp³-hybridized carbons (Fsp3) is 0.364. The average molecular weight is 392 g/mol. The zero-order chi connectivity index (χ0) is 20.5. The van der Waals surface area contributed by atoms with Crippen molar-refractivity contribution in [1.82, 2.24) is 20.0 Å². The summed E-state index contributed by atoms with van der Waals surface area (Å²) in [5, 5.41) is 13.6. The van der Waals surface area contributed by atoms with Gasteiger partial charge in [0.15, 0.2) is 5.82 Å². The van der Waals surface area contributed by atoms with E-state index in [9.17, 15) is 9.90 Å². The summed E-state index contributed by atoms with van der Waals surface area (Å²) in [6, 6.07) is 8.09. The van der Waals surface area contributed by atoms with Gasteiger partial charge in [-0.2, -0.15) is 0 Å². The Kier molecular flexibility index (Phi) is 5.05. The maximum absolute atomic E-state index is 13.2. The molecule has 3 aromatic rings. The number of carbonyl (C=O) groups excluding carboxylic acids is 1. The SMILES string of the molecule is Cc1cc(-c2c(C)noc2C)nc([C@@H]2CCCCN2C(=O)c2ccc(O)cc2)n1. The third kappa shape index (κ3) is 3.72. The number of aromatic hydroxyl groups is 1. The molecule has 7 nitrogen and oxygen atoms in total. The van der Waals surface area contributed by atoms with Crippen molar-refractivity contribution >= 4 is 5.91 Å². The van der Waals surface area contributed by atoms with Gasteiger partial charge in [-0.1, -0.05) is 5.16 Å². The Bertz CT molecular complexity index is 1020. The number of phenols is 1. The lowest BCUT2D eigenvalue weighted by Gasteiger charge is -2.35. The van der Waals surface area contributed by atoms with Gasteiger partial charge in [-0.25, -0.2) is 9.97 Å². The molecule has 1 amide bonds. The van der Waals surface area contributed by atoms with Crippen molar-refractivity contribution in [2.24, 2.45) is 0 Å². The van der Waals surface area contributed by atoms with E-state index in [4.69, 9.17) is 9.51 Å². The predicted molar refractivity (Wildman–Crippen MR) is 107 cm³/mol. The van der Waals surface area contributed by atoms with Gasteiger partial charge < -0.3 is 14.5 Å². The van der Waals surface area contributed by atoms with E-state index in [1.165, 1.54) is 12.1 Å². The number of benzene rings is 1. The standard InChI is InChI=1S/C22H24N4O3/c1-13-12-18(20-14(2)25-29-15(20)3)24-21(23-13)19-6-4-5-11-26(19)22(28)16-7-9-17(27)10-8-16/h7-10,12,19,27H,4-6,11H2,1-3H3/t19-/m0/s1. The van der Waals surface area contributed by atoms with Crippen LogP contribution in [-0.4, -0.2) is 37.6 Å². The molecule has 0 aliphatic carbocycles. The van der Waals surface area contributed by atoms with Crippen molar-refractivity contribution in [2.45, 2.75) is 46.1 Å². The van der Waals surface area contributed by atoms with Gasteiger partial charge in [0.1, 0.15) is 11.5 Å².